The lowest BCUT2D eigenvalue weighted by atomic mass is 9.76. The van der Waals surface area contributed by atoms with Crippen LogP contribution in [0.5, 0.6) is 0 Å². The largest absolute Gasteiger partial charge is 0.378 e. The molecule has 1 N–H and O–H groups in total. The summed E-state index contributed by atoms with van der Waals surface area (Å²) < 4.78 is 12.4. The third kappa shape index (κ3) is 2.77. The Balaban J connectivity index is 1.62. The molecule has 3 aliphatic rings. The zero-order valence-corrected chi connectivity index (χ0v) is 13.2. The van der Waals surface area contributed by atoms with Gasteiger partial charge in [-0.05, 0) is 52.0 Å². The van der Waals surface area contributed by atoms with Crippen LogP contribution in [0.4, 0.5) is 0 Å². The van der Waals surface area contributed by atoms with Gasteiger partial charge in [-0.25, -0.2) is 0 Å². The minimum absolute atomic E-state index is 0.271. The fourth-order valence-electron chi connectivity index (χ4n) is 4.65. The van der Waals surface area contributed by atoms with Gasteiger partial charge in [0.25, 0.3) is 0 Å². The van der Waals surface area contributed by atoms with Gasteiger partial charge in [-0.15, -0.1) is 0 Å². The molecule has 0 aromatic rings. The van der Waals surface area contributed by atoms with E-state index >= 15 is 0 Å². The number of rotatable bonds is 5. The quantitative estimate of drug-likeness (QED) is 0.839. The zero-order valence-electron chi connectivity index (χ0n) is 13.2. The monoisotopic (exact) mass is 281 g/mol. The van der Waals surface area contributed by atoms with Gasteiger partial charge in [-0.1, -0.05) is 19.8 Å². The van der Waals surface area contributed by atoms with Crippen molar-refractivity contribution < 1.29 is 9.47 Å². The van der Waals surface area contributed by atoms with Crippen LogP contribution < -0.4 is 5.32 Å². The molecular formula is C17H31NO2. The van der Waals surface area contributed by atoms with Crippen LogP contribution in [-0.2, 0) is 9.47 Å². The van der Waals surface area contributed by atoms with E-state index in [4.69, 9.17) is 9.47 Å². The maximum Gasteiger partial charge on any atom is 0.0687 e. The summed E-state index contributed by atoms with van der Waals surface area (Å²) in [4.78, 5) is 0. The molecule has 0 radical (unpaired) electrons. The lowest BCUT2D eigenvalue weighted by Crippen LogP contribution is -2.42. The Morgan fingerprint density at radius 2 is 1.95 bits per heavy atom. The lowest BCUT2D eigenvalue weighted by Gasteiger charge is -2.35. The average molecular weight is 281 g/mol. The van der Waals surface area contributed by atoms with Crippen molar-refractivity contribution in [2.45, 2.75) is 83.0 Å². The zero-order chi connectivity index (χ0) is 14.1. The van der Waals surface area contributed by atoms with Crippen molar-refractivity contribution in [3.05, 3.63) is 0 Å². The molecule has 3 nitrogen and oxygen atoms in total. The van der Waals surface area contributed by atoms with Gasteiger partial charge >= 0.3 is 0 Å². The van der Waals surface area contributed by atoms with Crippen molar-refractivity contribution >= 4 is 0 Å². The van der Waals surface area contributed by atoms with Crippen molar-refractivity contribution in [3.8, 4) is 0 Å². The Morgan fingerprint density at radius 3 is 2.60 bits per heavy atom. The topological polar surface area (TPSA) is 30.5 Å². The van der Waals surface area contributed by atoms with Gasteiger partial charge in [0, 0.05) is 18.6 Å². The smallest absolute Gasteiger partial charge is 0.0687 e. The fourth-order valence-corrected chi connectivity index (χ4v) is 4.65. The molecular weight excluding hydrogens is 250 g/mol. The molecule has 0 aromatic heterocycles. The fraction of sp³-hybridized carbons (Fsp3) is 1.00. The van der Waals surface area contributed by atoms with Crippen molar-refractivity contribution in [2.75, 3.05) is 19.7 Å². The van der Waals surface area contributed by atoms with E-state index in [0.29, 0.717) is 17.6 Å². The summed E-state index contributed by atoms with van der Waals surface area (Å²) in [6.07, 6.45) is 11.1. The van der Waals surface area contributed by atoms with Crippen LogP contribution in [0.25, 0.3) is 0 Å². The maximum atomic E-state index is 6.54. The number of nitrogens with one attached hydrogen (secondary N) is 1. The normalized spacial score (nSPS) is 39.9. The molecule has 20 heavy (non-hydrogen) atoms. The molecule has 3 rings (SSSR count). The van der Waals surface area contributed by atoms with Gasteiger partial charge in [0.05, 0.1) is 17.8 Å². The molecule has 1 spiro atoms. The van der Waals surface area contributed by atoms with Crippen LogP contribution in [0, 0.1) is 5.41 Å². The molecule has 0 aromatic carbocycles. The van der Waals surface area contributed by atoms with Crippen molar-refractivity contribution in [1.82, 2.24) is 5.32 Å². The first-order valence-electron chi connectivity index (χ1n) is 8.68. The predicted molar refractivity (Wildman–Crippen MR) is 80.9 cm³/mol. The van der Waals surface area contributed by atoms with E-state index < -0.39 is 0 Å². The Bertz CT molecular complexity index is 327. The Hall–Kier alpha value is -0.120. The van der Waals surface area contributed by atoms with E-state index in [1.807, 2.05) is 0 Å². The highest BCUT2D eigenvalue weighted by atomic mass is 16.5. The molecule has 1 aliphatic carbocycles. The predicted octanol–water partition coefficient (Wildman–Crippen LogP) is 3.27. The molecule has 0 bridgehead atoms. The van der Waals surface area contributed by atoms with Gasteiger partial charge in [0.15, 0.2) is 0 Å². The highest BCUT2D eigenvalue weighted by Gasteiger charge is 2.48. The average Bonchev–Trinajstić information content (AvgIpc) is 3.14. The van der Waals surface area contributed by atoms with Crippen LogP contribution >= 0.6 is 0 Å². The molecule has 3 fully saturated rings. The summed E-state index contributed by atoms with van der Waals surface area (Å²) in [6, 6.07) is 0. The van der Waals surface area contributed by atoms with Crippen LogP contribution in [0.2, 0.25) is 0 Å². The van der Waals surface area contributed by atoms with Crippen molar-refractivity contribution in [2.24, 2.45) is 5.41 Å². The van der Waals surface area contributed by atoms with Gasteiger partial charge in [-0.3, -0.25) is 0 Å². The molecule has 1 saturated carbocycles. The van der Waals surface area contributed by atoms with Crippen LogP contribution in [-0.4, -0.2) is 37.5 Å². The van der Waals surface area contributed by atoms with Gasteiger partial charge in [-0.2, -0.15) is 0 Å². The highest BCUT2D eigenvalue weighted by Crippen LogP contribution is 2.48. The number of ether oxygens (including phenoxy) is 2. The molecule has 0 amide bonds. The third-order valence-electron chi connectivity index (χ3n) is 6.04. The van der Waals surface area contributed by atoms with E-state index in [-0.39, 0.29) is 5.60 Å². The number of hydrogen-bond acceptors (Lipinski definition) is 3. The highest BCUT2D eigenvalue weighted by molar-refractivity contribution is 4.98. The van der Waals surface area contributed by atoms with E-state index in [9.17, 15) is 0 Å². The standard InChI is InChI=1S/C17H31NO2/c1-3-18-13-16(10-11-19-14(16)2)12-15-6-9-17(20-15)7-4-5-8-17/h14-15,18H,3-13H2,1-2H3. The van der Waals surface area contributed by atoms with Gasteiger partial charge < -0.3 is 14.8 Å². The molecule has 3 atom stereocenters. The SMILES string of the molecule is CCNCC1(CC2CCC3(CCCC3)O2)CCOC1C. The van der Waals surface area contributed by atoms with Crippen LogP contribution in [0.15, 0.2) is 0 Å². The van der Waals surface area contributed by atoms with Gasteiger partial charge in [0.2, 0.25) is 0 Å². The molecule has 116 valence electrons. The summed E-state index contributed by atoms with van der Waals surface area (Å²) >= 11 is 0. The Morgan fingerprint density at radius 1 is 1.15 bits per heavy atom. The van der Waals surface area contributed by atoms with E-state index in [1.54, 1.807) is 0 Å². The first kappa shape index (κ1) is 14.8. The number of hydrogen-bond donors (Lipinski definition) is 1. The Kier molecular flexibility index (Phi) is 4.40. The molecule has 2 aliphatic heterocycles. The second kappa shape index (κ2) is 5.94. The van der Waals surface area contributed by atoms with E-state index in [1.165, 1.54) is 51.4 Å². The molecule has 2 saturated heterocycles. The summed E-state index contributed by atoms with van der Waals surface area (Å²) in [5.74, 6) is 0. The summed E-state index contributed by atoms with van der Waals surface area (Å²) in [6.45, 7) is 7.49. The minimum atomic E-state index is 0.271. The molecule has 3 heteroatoms. The lowest BCUT2D eigenvalue weighted by molar-refractivity contribution is -0.0614. The van der Waals surface area contributed by atoms with E-state index in [2.05, 4.69) is 19.2 Å². The molecule has 3 unspecified atom stereocenters. The van der Waals surface area contributed by atoms with Crippen LogP contribution in [0.1, 0.15) is 65.2 Å². The van der Waals surface area contributed by atoms with Crippen molar-refractivity contribution in [1.29, 1.82) is 0 Å². The van der Waals surface area contributed by atoms with Crippen molar-refractivity contribution in [3.63, 3.8) is 0 Å². The molecule has 2 heterocycles. The summed E-state index contributed by atoms with van der Waals surface area (Å²) in [5.41, 5.74) is 0.567. The summed E-state index contributed by atoms with van der Waals surface area (Å²) in [7, 11) is 0. The Labute approximate surface area is 123 Å². The first-order chi connectivity index (χ1) is 9.68. The second-order valence-corrected chi connectivity index (χ2v) is 7.28. The maximum absolute atomic E-state index is 6.54. The third-order valence-corrected chi connectivity index (χ3v) is 6.04. The van der Waals surface area contributed by atoms with E-state index in [0.717, 1.165) is 19.7 Å². The minimum Gasteiger partial charge on any atom is -0.378 e. The van der Waals surface area contributed by atoms with Crippen LogP contribution in [0.3, 0.4) is 0 Å². The first-order valence-corrected chi connectivity index (χ1v) is 8.68. The van der Waals surface area contributed by atoms with Gasteiger partial charge in [0.1, 0.15) is 0 Å². The second-order valence-electron chi connectivity index (χ2n) is 7.28. The summed E-state index contributed by atoms with van der Waals surface area (Å²) in [5, 5.41) is 3.56.